The number of nitrogens with zero attached hydrogens (tertiary/aromatic N) is 2. The van der Waals surface area contributed by atoms with Crippen molar-refractivity contribution >= 4 is 5.91 Å². The molecule has 2 rings (SSSR count). The molecule has 0 saturated heterocycles. The molecule has 20 heavy (non-hydrogen) atoms. The van der Waals surface area contributed by atoms with Crippen LogP contribution in [0.1, 0.15) is 27.3 Å². The quantitative estimate of drug-likeness (QED) is 0.926. The van der Waals surface area contributed by atoms with Crippen molar-refractivity contribution < 1.29 is 9.53 Å². The van der Waals surface area contributed by atoms with E-state index in [0.717, 1.165) is 22.7 Å². The van der Waals surface area contributed by atoms with Gasteiger partial charge in [0, 0.05) is 19.7 Å². The number of benzene rings is 1. The zero-order valence-corrected chi connectivity index (χ0v) is 12.2. The highest BCUT2D eigenvalue weighted by atomic mass is 16.5. The van der Waals surface area contributed by atoms with Crippen LogP contribution < -0.4 is 10.1 Å². The predicted molar refractivity (Wildman–Crippen MR) is 76.8 cm³/mol. The first-order valence-electron chi connectivity index (χ1n) is 6.47. The molecule has 106 valence electrons. The lowest BCUT2D eigenvalue weighted by Gasteiger charge is -2.08. The van der Waals surface area contributed by atoms with Gasteiger partial charge in [0.1, 0.15) is 12.3 Å². The Balaban J connectivity index is 2.13. The Labute approximate surface area is 118 Å². The lowest BCUT2D eigenvalue weighted by atomic mass is 10.1. The van der Waals surface area contributed by atoms with Crippen molar-refractivity contribution in [1.29, 1.82) is 0 Å². The Kier molecular flexibility index (Phi) is 4.08. The van der Waals surface area contributed by atoms with Gasteiger partial charge in [-0.1, -0.05) is 12.1 Å². The van der Waals surface area contributed by atoms with Gasteiger partial charge in [-0.05, 0) is 31.5 Å². The maximum atomic E-state index is 11.6. The first-order chi connectivity index (χ1) is 9.52. The Morgan fingerprint density at radius 3 is 2.75 bits per heavy atom. The second kappa shape index (κ2) is 5.77. The predicted octanol–water partition coefficient (Wildman–Crippen LogP) is 1.98. The molecule has 1 heterocycles. The molecule has 0 radical (unpaired) electrons. The van der Waals surface area contributed by atoms with E-state index in [0.29, 0.717) is 12.2 Å². The van der Waals surface area contributed by atoms with Gasteiger partial charge in [0.25, 0.3) is 5.91 Å². The Morgan fingerprint density at radius 1 is 1.40 bits per heavy atom. The highest BCUT2D eigenvalue weighted by molar-refractivity contribution is 5.94. The molecular formula is C15H19N3O2. The van der Waals surface area contributed by atoms with Crippen molar-refractivity contribution in [3.63, 3.8) is 0 Å². The number of amides is 1. The van der Waals surface area contributed by atoms with Crippen LogP contribution in [0.5, 0.6) is 5.75 Å². The van der Waals surface area contributed by atoms with Gasteiger partial charge in [-0.15, -0.1) is 0 Å². The molecule has 0 unspecified atom stereocenters. The molecule has 1 N–H and O–H groups in total. The smallest absolute Gasteiger partial charge is 0.251 e. The first-order valence-corrected chi connectivity index (χ1v) is 6.47. The molecule has 0 saturated carbocycles. The Morgan fingerprint density at radius 2 is 2.15 bits per heavy atom. The standard InChI is InChI=1S/C15H19N3O2/c1-10-14(11(2)18(4)17-10)20-9-12-6-5-7-13(8-12)15(19)16-3/h5-8H,9H2,1-4H3,(H,16,19). The maximum Gasteiger partial charge on any atom is 0.251 e. The van der Waals surface area contributed by atoms with Crippen LogP contribution in [0.2, 0.25) is 0 Å². The number of ether oxygens (including phenoxy) is 1. The summed E-state index contributed by atoms with van der Waals surface area (Å²) in [5.74, 6) is 0.707. The third-order valence-electron chi connectivity index (χ3n) is 3.24. The fraction of sp³-hybridized carbons (Fsp3) is 0.333. The summed E-state index contributed by atoms with van der Waals surface area (Å²) in [6.07, 6.45) is 0. The average molecular weight is 273 g/mol. The van der Waals surface area contributed by atoms with E-state index < -0.39 is 0 Å². The zero-order valence-electron chi connectivity index (χ0n) is 12.2. The van der Waals surface area contributed by atoms with Crippen LogP contribution in [0.15, 0.2) is 24.3 Å². The minimum atomic E-state index is -0.0967. The van der Waals surface area contributed by atoms with E-state index >= 15 is 0 Å². The summed E-state index contributed by atoms with van der Waals surface area (Å²) < 4.78 is 7.63. The number of carbonyl (C=O) groups is 1. The van der Waals surface area contributed by atoms with Gasteiger partial charge in [-0.2, -0.15) is 5.10 Å². The monoisotopic (exact) mass is 273 g/mol. The first kappa shape index (κ1) is 14.1. The molecule has 1 aromatic heterocycles. The molecule has 1 aromatic carbocycles. The van der Waals surface area contributed by atoms with Gasteiger partial charge in [-0.25, -0.2) is 0 Å². The number of hydrogen-bond donors (Lipinski definition) is 1. The summed E-state index contributed by atoms with van der Waals surface area (Å²) in [7, 11) is 3.51. The maximum absolute atomic E-state index is 11.6. The lowest BCUT2D eigenvalue weighted by Crippen LogP contribution is -2.17. The van der Waals surface area contributed by atoms with Crippen LogP contribution in [0.4, 0.5) is 0 Å². The molecule has 0 bridgehead atoms. The van der Waals surface area contributed by atoms with Crippen LogP contribution in [0.25, 0.3) is 0 Å². The molecule has 1 amide bonds. The van der Waals surface area contributed by atoms with Crippen molar-refractivity contribution in [2.75, 3.05) is 7.05 Å². The molecule has 2 aromatic rings. The van der Waals surface area contributed by atoms with E-state index in [-0.39, 0.29) is 5.91 Å². The SMILES string of the molecule is CNC(=O)c1cccc(COc2c(C)nn(C)c2C)c1. The molecule has 5 nitrogen and oxygen atoms in total. The van der Waals surface area contributed by atoms with Gasteiger partial charge < -0.3 is 10.1 Å². The molecule has 0 aliphatic rings. The summed E-state index contributed by atoms with van der Waals surface area (Å²) in [6, 6.07) is 7.41. The van der Waals surface area contributed by atoms with E-state index in [1.54, 1.807) is 17.8 Å². The number of rotatable bonds is 4. The van der Waals surface area contributed by atoms with Crippen LogP contribution in [0.3, 0.4) is 0 Å². The average Bonchev–Trinajstić information content (AvgIpc) is 2.69. The molecular weight excluding hydrogens is 254 g/mol. The van der Waals surface area contributed by atoms with E-state index in [4.69, 9.17) is 4.74 Å². The van der Waals surface area contributed by atoms with E-state index in [2.05, 4.69) is 10.4 Å². The highest BCUT2D eigenvalue weighted by Gasteiger charge is 2.11. The lowest BCUT2D eigenvalue weighted by molar-refractivity contribution is 0.0963. The molecule has 0 atom stereocenters. The fourth-order valence-electron chi connectivity index (χ4n) is 2.07. The van der Waals surface area contributed by atoms with Gasteiger partial charge >= 0.3 is 0 Å². The van der Waals surface area contributed by atoms with Crippen molar-refractivity contribution in [3.8, 4) is 5.75 Å². The minimum Gasteiger partial charge on any atom is -0.485 e. The van der Waals surface area contributed by atoms with Crippen LogP contribution in [0, 0.1) is 13.8 Å². The van der Waals surface area contributed by atoms with Crippen LogP contribution in [-0.4, -0.2) is 22.7 Å². The largest absolute Gasteiger partial charge is 0.485 e. The minimum absolute atomic E-state index is 0.0967. The topological polar surface area (TPSA) is 56.1 Å². The fourth-order valence-corrected chi connectivity index (χ4v) is 2.07. The van der Waals surface area contributed by atoms with E-state index in [1.165, 1.54) is 0 Å². The second-order valence-corrected chi connectivity index (χ2v) is 4.69. The third-order valence-corrected chi connectivity index (χ3v) is 3.24. The number of nitrogens with one attached hydrogen (secondary N) is 1. The summed E-state index contributed by atoms with van der Waals surface area (Å²) in [5, 5.41) is 6.92. The van der Waals surface area contributed by atoms with Crippen molar-refractivity contribution in [1.82, 2.24) is 15.1 Å². The molecule has 0 fully saturated rings. The summed E-state index contributed by atoms with van der Waals surface area (Å²) in [4.78, 5) is 11.6. The van der Waals surface area contributed by atoms with E-state index in [1.807, 2.05) is 39.1 Å². The number of carbonyl (C=O) groups excluding carboxylic acids is 1. The van der Waals surface area contributed by atoms with Gasteiger partial charge in [-0.3, -0.25) is 9.48 Å². The zero-order chi connectivity index (χ0) is 14.7. The summed E-state index contributed by atoms with van der Waals surface area (Å²) >= 11 is 0. The Hall–Kier alpha value is -2.30. The van der Waals surface area contributed by atoms with Gasteiger partial charge in [0.05, 0.1) is 5.69 Å². The van der Waals surface area contributed by atoms with Crippen LogP contribution in [-0.2, 0) is 13.7 Å². The number of aryl methyl sites for hydroxylation is 2. The molecule has 0 spiro atoms. The van der Waals surface area contributed by atoms with Crippen molar-refractivity contribution in [2.45, 2.75) is 20.5 Å². The molecule has 5 heteroatoms. The van der Waals surface area contributed by atoms with Gasteiger partial charge in [0.2, 0.25) is 0 Å². The summed E-state index contributed by atoms with van der Waals surface area (Å²) in [5.41, 5.74) is 3.44. The Bertz CT molecular complexity index is 632. The highest BCUT2D eigenvalue weighted by Crippen LogP contribution is 2.22. The van der Waals surface area contributed by atoms with Crippen LogP contribution >= 0.6 is 0 Å². The molecule has 0 aliphatic carbocycles. The number of hydrogen-bond acceptors (Lipinski definition) is 3. The van der Waals surface area contributed by atoms with Crippen molar-refractivity contribution in [3.05, 3.63) is 46.8 Å². The van der Waals surface area contributed by atoms with Gasteiger partial charge in [0.15, 0.2) is 5.75 Å². The number of aromatic nitrogens is 2. The summed E-state index contributed by atoms with van der Waals surface area (Å²) in [6.45, 7) is 4.30. The third kappa shape index (κ3) is 2.82. The normalized spacial score (nSPS) is 10.4. The van der Waals surface area contributed by atoms with Crippen molar-refractivity contribution in [2.24, 2.45) is 7.05 Å². The second-order valence-electron chi connectivity index (χ2n) is 4.69. The molecule has 0 aliphatic heterocycles. The van der Waals surface area contributed by atoms with E-state index in [9.17, 15) is 4.79 Å².